The summed E-state index contributed by atoms with van der Waals surface area (Å²) in [6.07, 6.45) is 4.56. The van der Waals surface area contributed by atoms with E-state index in [9.17, 15) is 4.79 Å². The lowest BCUT2D eigenvalue weighted by molar-refractivity contribution is -0.123. The second-order valence-corrected chi connectivity index (χ2v) is 7.06. The van der Waals surface area contributed by atoms with E-state index >= 15 is 0 Å². The van der Waals surface area contributed by atoms with Gasteiger partial charge >= 0.3 is 0 Å². The van der Waals surface area contributed by atoms with Crippen molar-refractivity contribution in [2.24, 2.45) is 13.0 Å². The Morgan fingerprint density at radius 1 is 1.23 bits per heavy atom. The maximum atomic E-state index is 11.8. The Bertz CT molecular complexity index is 731. The highest BCUT2D eigenvalue weighted by Crippen LogP contribution is 2.50. The Kier molecular flexibility index (Phi) is 3.00. The molecular formula is C19H22N2O. The number of Topliss-reactive ketones (excluding diaryl/α,β-unsaturated/α-hetero) is 1. The van der Waals surface area contributed by atoms with Crippen LogP contribution in [0.1, 0.15) is 43.9 Å². The molecule has 0 saturated heterocycles. The van der Waals surface area contributed by atoms with Crippen LogP contribution >= 0.6 is 0 Å². The van der Waals surface area contributed by atoms with Gasteiger partial charge in [-0.3, -0.25) is 9.48 Å². The van der Waals surface area contributed by atoms with Crippen molar-refractivity contribution < 1.29 is 4.79 Å². The maximum absolute atomic E-state index is 11.8. The van der Waals surface area contributed by atoms with E-state index in [1.165, 1.54) is 22.5 Å². The Morgan fingerprint density at radius 3 is 2.77 bits per heavy atom. The number of benzene rings is 1. The quantitative estimate of drug-likeness (QED) is 0.804. The zero-order valence-electron chi connectivity index (χ0n) is 13.3. The number of hydrogen-bond donors (Lipinski definition) is 0. The first kappa shape index (κ1) is 13.7. The highest BCUT2D eigenvalue weighted by molar-refractivity contribution is 5.80. The molecule has 3 heteroatoms. The summed E-state index contributed by atoms with van der Waals surface area (Å²) in [4.78, 5) is 11.8. The molecule has 2 aliphatic carbocycles. The molecule has 1 aromatic carbocycles. The predicted molar refractivity (Wildman–Crippen MR) is 86.7 cm³/mol. The van der Waals surface area contributed by atoms with Gasteiger partial charge in [0.25, 0.3) is 0 Å². The zero-order valence-corrected chi connectivity index (χ0v) is 13.3. The monoisotopic (exact) mass is 294 g/mol. The molecule has 0 aliphatic heterocycles. The first-order valence-electron chi connectivity index (χ1n) is 8.23. The number of carbonyl (C=O) groups is 1. The van der Waals surface area contributed by atoms with Gasteiger partial charge in [-0.2, -0.15) is 5.10 Å². The molecule has 114 valence electrons. The summed E-state index contributed by atoms with van der Waals surface area (Å²) in [5.74, 6) is 0.907. The average Bonchev–Trinajstić information content (AvgIpc) is 2.86. The fourth-order valence-corrected chi connectivity index (χ4v) is 4.48. The lowest BCUT2D eigenvalue weighted by atomic mass is 9.60. The molecule has 2 aliphatic rings. The molecule has 1 aromatic heterocycles. The molecule has 1 fully saturated rings. The fourth-order valence-electron chi connectivity index (χ4n) is 4.48. The summed E-state index contributed by atoms with van der Waals surface area (Å²) in [6, 6.07) is 10.5. The van der Waals surface area contributed by atoms with Crippen LogP contribution in [0.4, 0.5) is 0 Å². The largest absolute Gasteiger partial charge is 0.300 e. The summed E-state index contributed by atoms with van der Waals surface area (Å²) in [5, 5.41) is 4.91. The molecular weight excluding hydrogens is 272 g/mol. The van der Waals surface area contributed by atoms with Crippen molar-refractivity contribution in [1.29, 1.82) is 0 Å². The second kappa shape index (κ2) is 4.80. The molecule has 4 rings (SSSR count). The minimum atomic E-state index is 0.0757. The van der Waals surface area contributed by atoms with Crippen LogP contribution in [-0.2, 0) is 23.7 Å². The topological polar surface area (TPSA) is 34.9 Å². The van der Waals surface area contributed by atoms with Crippen LogP contribution < -0.4 is 0 Å². The highest BCUT2D eigenvalue weighted by Gasteiger charge is 2.46. The van der Waals surface area contributed by atoms with E-state index in [0.29, 0.717) is 18.1 Å². The summed E-state index contributed by atoms with van der Waals surface area (Å²) in [5.41, 5.74) is 5.23. The summed E-state index contributed by atoms with van der Waals surface area (Å²) in [6.45, 7) is 2.32. The van der Waals surface area contributed by atoms with E-state index in [1.807, 2.05) is 11.7 Å². The van der Waals surface area contributed by atoms with Gasteiger partial charge in [0.2, 0.25) is 0 Å². The van der Waals surface area contributed by atoms with Gasteiger partial charge in [-0.25, -0.2) is 0 Å². The van der Waals surface area contributed by atoms with E-state index in [-0.39, 0.29) is 5.41 Å². The number of aromatic nitrogens is 2. The number of aryl methyl sites for hydroxylation is 1. The molecule has 0 radical (unpaired) electrons. The van der Waals surface area contributed by atoms with Crippen LogP contribution in [0.25, 0.3) is 11.3 Å². The summed E-state index contributed by atoms with van der Waals surface area (Å²) in [7, 11) is 2.05. The average molecular weight is 294 g/mol. The van der Waals surface area contributed by atoms with E-state index in [4.69, 9.17) is 5.10 Å². The number of carbonyl (C=O) groups excluding carboxylic acids is 1. The van der Waals surface area contributed by atoms with Crippen LogP contribution in [0.2, 0.25) is 0 Å². The van der Waals surface area contributed by atoms with E-state index < -0.39 is 0 Å². The molecule has 1 saturated carbocycles. The SMILES string of the molecule is Cn1nc2c(c1-c1ccccc1)CC[C@H]1CC(=O)CC[C@]21C. The second-order valence-electron chi connectivity index (χ2n) is 7.06. The van der Waals surface area contributed by atoms with E-state index in [1.54, 1.807) is 0 Å². The molecule has 0 amide bonds. The first-order chi connectivity index (χ1) is 10.6. The number of hydrogen-bond acceptors (Lipinski definition) is 2. The molecule has 2 aromatic rings. The van der Waals surface area contributed by atoms with Gasteiger partial charge in [-0.05, 0) is 25.2 Å². The predicted octanol–water partition coefficient (Wildman–Crippen LogP) is 3.66. The maximum Gasteiger partial charge on any atom is 0.133 e. The van der Waals surface area contributed by atoms with Gasteiger partial charge in [-0.1, -0.05) is 37.3 Å². The Morgan fingerprint density at radius 2 is 2.00 bits per heavy atom. The molecule has 0 N–H and O–H groups in total. The Hall–Kier alpha value is -1.90. The number of fused-ring (bicyclic) bond motifs is 3. The number of nitrogens with zero attached hydrogens (tertiary/aromatic N) is 2. The minimum absolute atomic E-state index is 0.0757. The lowest BCUT2D eigenvalue weighted by Gasteiger charge is -2.43. The Labute approximate surface area is 131 Å². The van der Waals surface area contributed by atoms with Crippen molar-refractivity contribution in [1.82, 2.24) is 9.78 Å². The van der Waals surface area contributed by atoms with E-state index in [0.717, 1.165) is 25.7 Å². The normalized spacial score (nSPS) is 27.4. The molecule has 0 unspecified atom stereocenters. The van der Waals surface area contributed by atoms with Gasteiger partial charge < -0.3 is 0 Å². The van der Waals surface area contributed by atoms with Crippen LogP contribution in [0.3, 0.4) is 0 Å². The summed E-state index contributed by atoms with van der Waals surface area (Å²) >= 11 is 0. The first-order valence-corrected chi connectivity index (χ1v) is 8.23. The molecule has 0 spiro atoms. The Balaban J connectivity index is 1.85. The molecule has 1 heterocycles. The molecule has 2 atom stereocenters. The smallest absolute Gasteiger partial charge is 0.133 e. The van der Waals surface area contributed by atoms with Crippen LogP contribution in [0.15, 0.2) is 30.3 Å². The van der Waals surface area contributed by atoms with Crippen LogP contribution in [0.5, 0.6) is 0 Å². The third kappa shape index (κ3) is 1.88. The van der Waals surface area contributed by atoms with Gasteiger partial charge in [0.1, 0.15) is 5.78 Å². The standard InChI is InChI=1S/C19H22N2O/c1-19-11-10-15(22)12-14(19)8-9-16-17(21(2)20-18(16)19)13-6-4-3-5-7-13/h3-7,14H,8-12H2,1-2H3/t14-,19-/m0/s1. The van der Waals surface area contributed by atoms with Crippen LogP contribution in [-0.4, -0.2) is 15.6 Å². The van der Waals surface area contributed by atoms with Gasteiger partial charge in [0.15, 0.2) is 0 Å². The highest BCUT2D eigenvalue weighted by atomic mass is 16.1. The van der Waals surface area contributed by atoms with Gasteiger partial charge in [0.05, 0.1) is 11.4 Å². The fraction of sp³-hybridized carbons (Fsp3) is 0.474. The van der Waals surface area contributed by atoms with Crippen molar-refractivity contribution in [3.63, 3.8) is 0 Å². The van der Waals surface area contributed by atoms with E-state index in [2.05, 4.69) is 37.3 Å². The minimum Gasteiger partial charge on any atom is -0.300 e. The van der Waals surface area contributed by atoms with Crippen molar-refractivity contribution >= 4 is 5.78 Å². The lowest BCUT2D eigenvalue weighted by Crippen LogP contribution is -2.42. The number of ketones is 1. The summed E-state index contributed by atoms with van der Waals surface area (Å²) < 4.78 is 2.05. The van der Waals surface area contributed by atoms with Crippen molar-refractivity contribution in [2.75, 3.05) is 0 Å². The van der Waals surface area contributed by atoms with Crippen molar-refractivity contribution in [3.8, 4) is 11.3 Å². The third-order valence-corrected chi connectivity index (χ3v) is 5.77. The third-order valence-electron chi connectivity index (χ3n) is 5.77. The van der Waals surface area contributed by atoms with Crippen LogP contribution in [0, 0.1) is 5.92 Å². The van der Waals surface area contributed by atoms with Gasteiger partial charge in [-0.15, -0.1) is 0 Å². The van der Waals surface area contributed by atoms with Gasteiger partial charge in [0, 0.05) is 36.4 Å². The molecule has 3 nitrogen and oxygen atoms in total. The van der Waals surface area contributed by atoms with Crippen molar-refractivity contribution in [2.45, 2.75) is 44.4 Å². The molecule has 0 bridgehead atoms. The molecule has 22 heavy (non-hydrogen) atoms. The zero-order chi connectivity index (χ0) is 15.3. The van der Waals surface area contributed by atoms with Crippen molar-refractivity contribution in [3.05, 3.63) is 41.6 Å². The number of rotatable bonds is 1.